The summed E-state index contributed by atoms with van der Waals surface area (Å²) in [5.41, 5.74) is 5.39. The first-order valence-electron chi connectivity index (χ1n) is 7.83. The van der Waals surface area contributed by atoms with E-state index in [1.54, 1.807) is 6.08 Å². The fraction of sp³-hybridized carbons (Fsp3) is 0.450. The van der Waals surface area contributed by atoms with E-state index in [4.69, 9.17) is 0 Å². The molecule has 0 radical (unpaired) electrons. The molecular formula is C20H27BrO. The van der Waals surface area contributed by atoms with Crippen molar-refractivity contribution >= 4 is 22.2 Å². The Balaban J connectivity index is 2.90. The van der Waals surface area contributed by atoms with E-state index in [0.29, 0.717) is 0 Å². The lowest BCUT2D eigenvalue weighted by Crippen LogP contribution is -2.19. The minimum absolute atomic E-state index is 0.277. The summed E-state index contributed by atoms with van der Waals surface area (Å²) in [6, 6.07) is 0. The van der Waals surface area contributed by atoms with Crippen LogP contribution in [-0.2, 0) is 4.79 Å². The van der Waals surface area contributed by atoms with Gasteiger partial charge in [-0.1, -0.05) is 59.2 Å². The summed E-state index contributed by atoms with van der Waals surface area (Å²) in [6.07, 6.45) is 14.6. The van der Waals surface area contributed by atoms with Gasteiger partial charge in [-0.05, 0) is 68.7 Å². The van der Waals surface area contributed by atoms with E-state index in [1.165, 1.54) is 36.0 Å². The molecular weight excluding hydrogens is 336 g/mol. The van der Waals surface area contributed by atoms with Crippen molar-refractivity contribution in [2.45, 2.75) is 53.9 Å². The zero-order chi connectivity index (χ0) is 16.8. The second-order valence-electron chi connectivity index (χ2n) is 6.68. The quantitative estimate of drug-likeness (QED) is 0.312. The fourth-order valence-electron chi connectivity index (χ4n) is 2.80. The third-order valence-electron chi connectivity index (χ3n) is 4.24. The van der Waals surface area contributed by atoms with Crippen molar-refractivity contribution in [1.29, 1.82) is 0 Å². The van der Waals surface area contributed by atoms with Gasteiger partial charge in [0.1, 0.15) is 6.29 Å². The molecule has 0 unspecified atom stereocenters. The van der Waals surface area contributed by atoms with Crippen molar-refractivity contribution in [1.82, 2.24) is 0 Å². The van der Waals surface area contributed by atoms with Crippen molar-refractivity contribution in [2.24, 2.45) is 5.41 Å². The predicted octanol–water partition coefficient (Wildman–Crippen LogP) is 6.44. The molecule has 1 aliphatic carbocycles. The summed E-state index contributed by atoms with van der Waals surface area (Å²) in [5.74, 6) is 0. The number of carbonyl (C=O) groups excluding carboxylic acids is 1. The fourth-order valence-corrected chi connectivity index (χ4v) is 3.06. The molecule has 1 aliphatic rings. The van der Waals surface area contributed by atoms with E-state index in [1.807, 2.05) is 13.0 Å². The molecule has 0 fully saturated rings. The predicted molar refractivity (Wildman–Crippen MR) is 100 cm³/mol. The first-order chi connectivity index (χ1) is 10.3. The number of halogens is 1. The highest BCUT2D eigenvalue weighted by Crippen LogP contribution is 2.40. The standard InChI is InChI=1S/C20H27BrO/c1-15(9-11-19(21)17(3)12-14-22)8-10-18-16(2)7-6-13-20(18,4)5/h8-12,14H,6-7,13H2,1-5H3/b10-8+,15-9+,17-12+,19-11-. The molecule has 0 aromatic rings. The van der Waals surface area contributed by atoms with Crippen LogP contribution in [0.2, 0.25) is 0 Å². The van der Waals surface area contributed by atoms with Gasteiger partial charge in [0.15, 0.2) is 0 Å². The van der Waals surface area contributed by atoms with Crippen LogP contribution in [0, 0.1) is 5.41 Å². The normalized spacial score (nSPS) is 20.7. The van der Waals surface area contributed by atoms with Gasteiger partial charge in [0, 0.05) is 4.48 Å². The van der Waals surface area contributed by atoms with Crippen LogP contribution in [0.1, 0.15) is 53.9 Å². The van der Waals surface area contributed by atoms with Crippen LogP contribution in [0.5, 0.6) is 0 Å². The van der Waals surface area contributed by atoms with E-state index < -0.39 is 0 Å². The maximum atomic E-state index is 10.5. The van der Waals surface area contributed by atoms with Gasteiger partial charge in [-0.3, -0.25) is 4.79 Å². The van der Waals surface area contributed by atoms with Gasteiger partial charge in [-0.25, -0.2) is 0 Å². The highest BCUT2D eigenvalue weighted by molar-refractivity contribution is 9.12. The van der Waals surface area contributed by atoms with Crippen LogP contribution in [0.15, 0.2) is 57.2 Å². The lowest BCUT2D eigenvalue weighted by Gasteiger charge is -2.32. The monoisotopic (exact) mass is 362 g/mol. The van der Waals surface area contributed by atoms with E-state index in [-0.39, 0.29) is 5.41 Å². The minimum Gasteiger partial charge on any atom is -0.299 e. The smallest absolute Gasteiger partial charge is 0.143 e. The zero-order valence-electron chi connectivity index (χ0n) is 14.4. The molecule has 0 atom stereocenters. The largest absolute Gasteiger partial charge is 0.299 e. The van der Waals surface area contributed by atoms with E-state index >= 15 is 0 Å². The molecule has 22 heavy (non-hydrogen) atoms. The second-order valence-corrected chi connectivity index (χ2v) is 7.53. The van der Waals surface area contributed by atoms with Gasteiger partial charge < -0.3 is 0 Å². The molecule has 0 bridgehead atoms. The van der Waals surface area contributed by atoms with Crippen LogP contribution in [-0.4, -0.2) is 6.29 Å². The number of hydrogen-bond acceptors (Lipinski definition) is 1. The number of carbonyl (C=O) groups is 1. The molecule has 0 heterocycles. The summed E-state index contributed by atoms with van der Waals surface area (Å²) in [6.45, 7) is 10.9. The molecule has 0 aliphatic heterocycles. The van der Waals surface area contributed by atoms with Gasteiger partial charge in [0.05, 0.1) is 0 Å². The molecule has 2 heteroatoms. The number of rotatable bonds is 5. The van der Waals surface area contributed by atoms with Crippen molar-refractivity contribution in [3.63, 3.8) is 0 Å². The Hall–Kier alpha value is -1.15. The molecule has 0 spiro atoms. The molecule has 120 valence electrons. The third-order valence-corrected chi connectivity index (χ3v) is 5.13. The van der Waals surface area contributed by atoms with Crippen LogP contribution >= 0.6 is 15.9 Å². The minimum atomic E-state index is 0.277. The Labute approximate surface area is 143 Å². The molecule has 0 aromatic carbocycles. The Morgan fingerprint density at radius 1 is 1.18 bits per heavy atom. The molecule has 0 saturated heterocycles. The average Bonchev–Trinajstić information content (AvgIpc) is 2.43. The first-order valence-corrected chi connectivity index (χ1v) is 8.62. The first kappa shape index (κ1) is 18.9. The molecule has 0 amide bonds. The molecule has 0 aromatic heterocycles. The van der Waals surface area contributed by atoms with Gasteiger partial charge in [0.25, 0.3) is 0 Å². The maximum absolute atomic E-state index is 10.5. The Bertz CT molecular complexity index is 569. The van der Waals surface area contributed by atoms with Gasteiger partial charge >= 0.3 is 0 Å². The van der Waals surface area contributed by atoms with Gasteiger partial charge in [0.2, 0.25) is 0 Å². The Morgan fingerprint density at radius 3 is 2.45 bits per heavy atom. The van der Waals surface area contributed by atoms with Crippen molar-refractivity contribution in [3.8, 4) is 0 Å². The maximum Gasteiger partial charge on any atom is 0.143 e. The van der Waals surface area contributed by atoms with Crippen LogP contribution in [0.25, 0.3) is 0 Å². The highest BCUT2D eigenvalue weighted by atomic mass is 79.9. The van der Waals surface area contributed by atoms with Gasteiger partial charge in [-0.2, -0.15) is 0 Å². The molecule has 0 saturated carbocycles. The molecule has 1 nitrogen and oxygen atoms in total. The van der Waals surface area contributed by atoms with Crippen molar-refractivity contribution in [3.05, 3.63) is 57.2 Å². The van der Waals surface area contributed by atoms with Crippen LogP contribution in [0.3, 0.4) is 0 Å². The van der Waals surface area contributed by atoms with Gasteiger partial charge in [-0.15, -0.1) is 0 Å². The average molecular weight is 363 g/mol. The number of allylic oxidation sites excluding steroid dienone is 10. The molecule has 1 rings (SSSR count). The topological polar surface area (TPSA) is 17.1 Å². The summed E-state index contributed by atoms with van der Waals surface area (Å²) in [4.78, 5) is 10.5. The SMILES string of the molecule is CC1=C(/C=C/C(C)=C/C=C(Br)/C(C)=C/C=O)C(C)(C)CCC1. The zero-order valence-corrected chi connectivity index (χ0v) is 16.0. The molecule has 0 N–H and O–H groups in total. The summed E-state index contributed by atoms with van der Waals surface area (Å²) >= 11 is 3.48. The van der Waals surface area contributed by atoms with E-state index in [9.17, 15) is 4.79 Å². The number of aldehydes is 1. The summed E-state index contributed by atoms with van der Waals surface area (Å²) in [5, 5.41) is 0. The Kier molecular flexibility index (Phi) is 7.28. The van der Waals surface area contributed by atoms with Crippen molar-refractivity contribution in [2.75, 3.05) is 0 Å². The second kappa shape index (κ2) is 8.47. The van der Waals surface area contributed by atoms with Crippen LogP contribution < -0.4 is 0 Å². The van der Waals surface area contributed by atoms with Crippen LogP contribution in [0.4, 0.5) is 0 Å². The lowest BCUT2D eigenvalue weighted by molar-refractivity contribution is -0.104. The van der Waals surface area contributed by atoms with E-state index in [0.717, 1.165) is 16.3 Å². The summed E-state index contributed by atoms with van der Waals surface area (Å²) < 4.78 is 0.931. The van der Waals surface area contributed by atoms with E-state index in [2.05, 4.69) is 61.9 Å². The highest BCUT2D eigenvalue weighted by Gasteiger charge is 2.26. The summed E-state index contributed by atoms with van der Waals surface area (Å²) in [7, 11) is 0. The Morgan fingerprint density at radius 2 is 1.86 bits per heavy atom. The lowest BCUT2D eigenvalue weighted by atomic mass is 9.72. The third kappa shape index (κ3) is 5.57. The number of hydrogen-bond donors (Lipinski definition) is 0. The van der Waals surface area contributed by atoms with Crippen molar-refractivity contribution < 1.29 is 4.79 Å².